The van der Waals surface area contributed by atoms with E-state index in [1.165, 1.54) is 32.8 Å². The molecule has 0 amide bonds. The molecule has 0 heterocycles. The van der Waals surface area contributed by atoms with Gasteiger partial charge in [0.25, 0.3) is 0 Å². The molecule has 1 aliphatic carbocycles. The fourth-order valence-corrected chi connectivity index (χ4v) is 3.04. The van der Waals surface area contributed by atoms with Crippen LogP contribution in [0.4, 0.5) is 5.69 Å². The number of benzene rings is 1. The molecule has 24 heavy (non-hydrogen) atoms. The van der Waals surface area contributed by atoms with Gasteiger partial charge in [-0.05, 0) is 49.7 Å². The molecule has 0 atom stereocenters. The van der Waals surface area contributed by atoms with E-state index < -0.39 is 5.97 Å². The molecule has 1 aromatic rings. The molecule has 1 saturated carbocycles. The predicted octanol–water partition coefficient (Wildman–Crippen LogP) is 3.76. The fourth-order valence-electron chi connectivity index (χ4n) is 2.62. The number of carbonyl (C=O) groups excluding carboxylic acids is 1. The third-order valence-corrected chi connectivity index (χ3v) is 4.47. The van der Waals surface area contributed by atoms with Crippen LogP contribution < -0.4 is 10.6 Å². The second-order valence-electron chi connectivity index (χ2n) is 5.70. The van der Waals surface area contributed by atoms with E-state index in [-0.39, 0.29) is 0 Å². The van der Waals surface area contributed by atoms with Crippen LogP contribution in [0.1, 0.15) is 42.5 Å². The van der Waals surface area contributed by atoms with E-state index in [0.717, 1.165) is 19.6 Å². The summed E-state index contributed by atoms with van der Waals surface area (Å²) in [6.45, 7) is 1.48. The first-order valence-electron chi connectivity index (χ1n) is 8.14. The van der Waals surface area contributed by atoms with Crippen LogP contribution in [0, 0.1) is 0 Å². The van der Waals surface area contributed by atoms with Gasteiger partial charge in [-0.1, -0.05) is 24.4 Å². The molecule has 0 unspecified atom stereocenters. The fraction of sp³-hybridized carbons (Fsp3) is 0.529. The van der Waals surface area contributed by atoms with E-state index >= 15 is 0 Å². The number of rotatable bonds is 7. The van der Waals surface area contributed by atoms with Gasteiger partial charge in [0.15, 0.2) is 5.11 Å². The van der Waals surface area contributed by atoms with Crippen molar-refractivity contribution in [3.8, 4) is 0 Å². The molecule has 7 heteroatoms. The number of esters is 1. The van der Waals surface area contributed by atoms with Crippen molar-refractivity contribution >= 4 is 40.6 Å². The van der Waals surface area contributed by atoms with Crippen LogP contribution in [-0.4, -0.2) is 37.4 Å². The van der Waals surface area contributed by atoms with Crippen molar-refractivity contribution in [1.82, 2.24) is 5.32 Å². The van der Waals surface area contributed by atoms with Gasteiger partial charge >= 0.3 is 5.97 Å². The second kappa shape index (κ2) is 9.81. The molecule has 2 rings (SSSR count). The molecule has 0 bridgehead atoms. The van der Waals surface area contributed by atoms with Crippen molar-refractivity contribution < 1.29 is 14.3 Å². The highest BCUT2D eigenvalue weighted by atomic mass is 35.5. The zero-order valence-corrected chi connectivity index (χ0v) is 15.3. The lowest BCUT2D eigenvalue weighted by atomic mass is 10.2. The van der Waals surface area contributed by atoms with E-state index in [1.807, 2.05) is 0 Å². The van der Waals surface area contributed by atoms with Crippen LogP contribution in [0.25, 0.3) is 0 Å². The van der Waals surface area contributed by atoms with Crippen LogP contribution >= 0.6 is 23.8 Å². The number of carbonyl (C=O) groups is 1. The molecule has 0 spiro atoms. The van der Waals surface area contributed by atoms with Crippen LogP contribution in [0.5, 0.6) is 0 Å². The number of halogens is 1. The minimum absolute atomic E-state index is 0.303. The SMILES string of the molecule is COC(=O)c1cc(NC(=S)NCCCOC2CCCC2)ccc1Cl. The van der Waals surface area contributed by atoms with Gasteiger partial charge in [0.2, 0.25) is 0 Å². The summed E-state index contributed by atoms with van der Waals surface area (Å²) in [6.07, 6.45) is 6.28. The third kappa shape index (κ3) is 5.92. The third-order valence-electron chi connectivity index (χ3n) is 3.89. The summed E-state index contributed by atoms with van der Waals surface area (Å²) in [5.74, 6) is -0.480. The Balaban J connectivity index is 1.70. The summed E-state index contributed by atoms with van der Waals surface area (Å²) in [7, 11) is 1.32. The minimum Gasteiger partial charge on any atom is -0.465 e. The highest BCUT2D eigenvalue weighted by Gasteiger charge is 2.14. The molecule has 1 aliphatic rings. The smallest absolute Gasteiger partial charge is 0.339 e. The van der Waals surface area contributed by atoms with Gasteiger partial charge in [-0.15, -0.1) is 0 Å². The number of thiocarbonyl (C=S) groups is 1. The second-order valence-corrected chi connectivity index (χ2v) is 6.51. The predicted molar refractivity (Wildman–Crippen MR) is 99.8 cm³/mol. The lowest BCUT2D eigenvalue weighted by molar-refractivity contribution is 0.0573. The summed E-state index contributed by atoms with van der Waals surface area (Å²) in [5.41, 5.74) is 0.983. The summed E-state index contributed by atoms with van der Waals surface area (Å²) >= 11 is 11.2. The Bertz CT molecular complexity index is 577. The Morgan fingerprint density at radius 1 is 1.38 bits per heavy atom. The number of methoxy groups -OCH3 is 1. The van der Waals surface area contributed by atoms with Crippen molar-refractivity contribution in [2.24, 2.45) is 0 Å². The largest absolute Gasteiger partial charge is 0.465 e. The average Bonchev–Trinajstić information content (AvgIpc) is 3.09. The number of hydrogen-bond acceptors (Lipinski definition) is 4. The first-order valence-corrected chi connectivity index (χ1v) is 8.93. The van der Waals surface area contributed by atoms with Gasteiger partial charge in [0, 0.05) is 18.8 Å². The monoisotopic (exact) mass is 370 g/mol. The first-order chi connectivity index (χ1) is 11.6. The van der Waals surface area contributed by atoms with Crippen LogP contribution in [0.2, 0.25) is 5.02 Å². The molecule has 1 aromatic carbocycles. The molecular weight excluding hydrogens is 348 g/mol. The Kier molecular flexibility index (Phi) is 7.75. The molecule has 132 valence electrons. The van der Waals surface area contributed by atoms with Crippen molar-refractivity contribution in [2.45, 2.75) is 38.2 Å². The van der Waals surface area contributed by atoms with Crippen molar-refractivity contribution in [3.05, 3.63) is 28.8 Å². The van der Waals surface area contributed by atoms with Crippen molar-refractivity contribution in [3.63, 3.8) is 0 Å². The molecule has 5 nitrogen and oxygen atoms in total. The van der Waals surface area contributed by atoms with Gasteiger partial charge in [0.1, 0.15) is 0 Å². The Morgan fingerprint density at radius 3 is 2.83 bits per heavy atom. The zero-order chi connectivity index (χ0) is 17.4. The lowest BCUT2D eigenvalue weighted by Gasteiger charge is -2.13. The Labute approximate surface area is 153 Å². The first kappa shape index (κ1) is 19.0. The van der Waals surface area contributed by atoms with Gasteiger partial charge in [0.05, 0.1) is 23.8 Å². The maximum atomic E-state index is 11.6. The number of nitrogens with one attached hydrogen (secondary N) is 2. The normalized spacial score (nSPS) is 14.4. The maximum Gasteiger partial charge on any atom is 0.339 e. The molecular formula is C17H23ClN2O3S. The molecule has 0 radical (unpaired) electrons. The van der Waals surface area contributed by atoms with E-state index in [4.69, 9.17) is 33.3 Å². The highest BCUT2D eigenvalue weighted by Crippen LogP contribution is 2.22. The van der Waals surface area contributed by atoms with E-state index in [1.54, 1.807) is 18.2 Å². The van der Waals surface area contributed by atoms with Crippen molar-refractivity contribution in [2.75, 3.05) is 25.6 Å². The van der Waals surface area contributed by atoms with Crippen LogP contribution in [0.15, 0.2) is 18.2 Å². The molecule has 0 aliphatic heterocycles. The highest BCUT2D eigenvalue weighted by molar-refractivity contribution is 7.80. The quantitative estimate of drug-likeness (QED) is 0.433. The van der Waals surface area contributed by atoms with Crippen molar-refractivity contribution in [1.29, 1.82) is 0 Å². The number of hydrogen-bond donors (Lipinski definition) is 2. The van der Waals surface area contributed by atoms with Gasteiger partial charge in [-0.3, -0.25) is 0 Å². The van der Waals surface area contributed by atoms with E-state index in [2.05, 4.69) is 10.6 Å². The van der Waals surface area contributed by atoms with Crippen LogP contribution in [0.3, 0.4) is 0 Å². The summed E-state index contributed by atoms with van der Waals surface area (Å²) < 4.78 is 10.5. The number of ether oxygens (including phenoxy) is 2. The standard InChI is InChI=1S/C17H23ClN2O3S/c1-22-16(21)14-11-12(7-8-15(14)18)20-17(24)19-9-4-10-23-13-5-2-3-6-13/h7-8,11,13H,2-6,9-10H2,1H3,(H2,19,20,24). The molecule has 1 fully saturated rings. The topological polar surface area (TPSA) is 59.6 Å². The number of anilines is 1. The van der Waals surface area contributed by atoms with Gasteiger partial charge in [-0.25, -0.2) is 4.79 Å². The molecule has 0 saturated heterocycles. The summed E-state index contributed by atoms with van der Waals surface area (Å²) in [5, 5.41) is 7.00. The van der Waals surface area contributed by atoms with Gasteiger partial charge in [-0.2, -0.15) is 0 Å². The van der Waals surface area contributed by atoms with E-state index in [0.29, 0.717) is 27.5 Å². The summed E-state index contributed by atoms with van der Waals surface area (Å²) in [6, 6.07) is 5.01. The molecule has 2 N–H and O–H groups in total. The van der Waals surface area contributed by atoms with Gasteiger partial charge < -0.3 is 20.1 Å². The zero-order valence-electron chi connectivity index (χ0n) is 13.8. The summed E-state index contributed by atoms with van der Waals surface area (Å²) in [4.78, 5) is 11.6. The van der Waals surface area contributed by atoms with Crippen LogP contribution in [-0.2, 0) is 9.47 Å². The maximum absolute atomic E-state index is 11.6. The Morgan fingerprint density at radius 2 is 2.12 bits per heavy atom. The average molecular weight is 371 g/mol. The van der Waals surface area contributed by atoms with E-state index in [9.17, 15) is 4.79 Å². The lowest BCUT2D eigenvalue weighted by Crippen LogP contribution is -2.30. The molecule has 0 aromatic heterocycles. The Hall–Kier alpha value is -1.37. The minimum atomic E-state index is -0.480.